The summed E-state index contributed by atoms with van der Waals surface area (Å²) in [5.41, 5.74) is 3.51. The molecule has 1 aromatic carbocycles. The molecule has 1 aliphatic heterocycles. The number of nitrogens with zero attached hydrogens (tertiary/aromatic N) is 6. The first kappa shape index (κ1) is 24.4. The molecule has 0 amide bonds. The molecular formula is C27H27IN6O2. The van der Waals surface area contributed by atoms with Crippen LogP contribution in [0.2, 0.25) is 0 Å². The van der Waals surface area contributed by atoms with Crippen LogP contribution in [0.1, 0.15) is 19.3 Å². The fourth-order valence-electron chi connectivity index (χ4n) is 4.57. The standard InChI is InChI=1S/C27H27IN6O2/c1-36-27-15-26(30-18-31-27)33-12-5-8-20(11-13-33)25(35)17-34-24(19-6-3-2-4-7-19)14-23(32-34)22-10-9-21(28)16-29-22/h2-4,6-7,9-10,14-16,18,20H,5,8,11-13,17H2,1H3. The van der Waals surface area contributed by atoms with Crippen LogP contribution >= 0.6 is 22.6 Å². The summed E-state index contributed by atoms with van der Waals surface area (Å²) in [6, 6.07) is 17.9. The Balaban J connectivity index is 1.34. The summed E-state index contributed by atoms with van der Waals surface area (Å²) in [5, 5.41) is 4.82. The number of hydrogen-bond donors (Lipinski definition) is 0. The zero-order valence-corrected chi connectivity index (χ0v) is 22.2. The minimum atomic E-state index is -0.0218. The van der Waals surface area contributed by atoms with Crippen molar-refractivity contribution in [3.05, 3.63) is 70.7 Å². The van der Waals surface area contributed by atoms with Gasteiger partial charge in [-0.25, -0.2) is 9.97 Å². The Labute approximate surface area is 223 Å². The molecule has 1 aliphatic rings. The van der Waals surface area contributed by atoms with Gasteiger partial charge in [-0.05, 0) is 65.6 Å². The van der Waals surface area contributed by atoms with Gasteiger partial charge in [-0.3, -0.25) is 14.5 Å². The van der Waals surface area contributed by atoms with E-state index < -0.39 is 0 Å². The van der Waals surface area contributed by atoms with Crippen LogP contribution < -0.4 is 9.64 Å². The topological polar surface area (TPSA) is 86.0 Å². The zero-order valence-electron chi connectivity index (χ0n) is 20.0. The number of ether oxygens (including phenoxy) is 1. The fourth-order valence-corrected chi connectivity index (χ4v) is 4.89. The van der Waals surface area contributed by atoms with Gasteiger partial charge in [0.05, 0.1) is 18.5 Å². The van der Waals surface area contributed by atoms with Crippen molar-refractivity contribution in [2.24, 2.45) is 5.92 Å². The van der Waals surface area contributed by atoms with E-state index in [1.807, 2.05) is 65.5 Å². The molecule has 184 valence electrons. The van der Waals surface area contributed by atoms with E-state index in [1.165, 1.54) is 6.33 Å². The maximum atomic E-state index is 13.5. The summed E-state index contributed by atoms with van der Waals surface area (Å²) >= 11 is 2.24. The van der Waals surface area contributed by atoms with Gasteiger partial charge in [-0.2, -0.15) is 5.10 Å². The van der Waals surface area contributed by atoms with E-state index in [1.54, 1.807) is 7.11 Å². The molecule has 1 saturated heterocycles. The van der Waals surface area contributed by atoms with Crippen molar-refractivity contribution >= 4 is 34.2 Å². The monoisotopic (exact) mass is 594 g/mol. The zero-order chi connectivity index (χ0) is 24.9. The Morgan fingerprint density at radius 2 is 1.89 bits per heavy atom. The van der Waals surface area contributed by atoms with Crippen LogP contribution in [0.25, 0.3) is 22.6 Å². The summed E-state index contributed by atoms with van der Waals surface area (Å²) in [6.45, 7) is 1.85. The molecule has 1 unspecified atom stereocenters. The average molecular weight is 594 g/mol. The third kappa shape index (κ3) is 5.56. The summed E-state index contributed by atoms with van der Waals surface area (Å²) < 4.78 is 8.15. The van der Waals surface area contributed by atoms with Crippen molar-refractivity contribution in [2.75, 3.05) is 25.1 Å². The van der Waals surface area contributed by atoms with Crippen LogP contribution in [0, 0.1) is 9.49 Å². The second-order valence-corrected chi connectivity index (χ2v) is 10.0. The van der Waals surface area contributed by atoms with Gasteiger partial charge in [0.2, 0.25) is 5.88 Å². The number of rotatable bonds is 7. The Hall–Kier alpha value is -3.34. The molecule has 3 aromatic heterocycles. The molecule has 4 heterocycles. The van der Waals surface area contributed by atoms with Crippen molar-refractivity contribution in [3.63, 3.8) is 0 Å². The Morgan fingerprint density at radius 3 is 2.67 bits per heavy atom. The van der Waals surface area contributed by atoms with Gasteiger partial charge in [-0.1, -0.05) is 30.3 Å². The second kappa shape index (κ2) is 11.2. The van der Waals surface area contributed by atoms with E-state index in [0.29, 0.717) is 5.88 Å². The van der Waals surface area contributed by atoms with E-state index in [9.17, 15) is 4.79 Å². The molecule has 5 rings (SSSR count). The van der Waals surface area contributed by atoms with Crippen molar-refractivity contribution < 1.29 is 9.53 Å². The summed E-state index contributed by atoms with van der Waals surface area (Å²) in [6.07, 6.45) is 5.90. The highest BCUT2D eigenvalue weighted by atomic mass is 127. The van der Waals surface area contributed by atoms with E-state index in [0.717, 1.165) is 64.4 Å². The van der Waals surface area contributed by atoms with Crippen LogP contribution in [0.4, 0.5) is 5.82 Å². The van der Waals surface area contributed by atoms with Crippen molar-refractivity contribution in [1.29, 1.82) is 0 Å². The molecule has 8 nitrogen and oxygen atoms in total. The molecule has 1 fully saturated rings. The minimum Gasteiger partial charge on any atom is -0.481 e. The molecule has 0 spiro atoms. The molecular weight excluding hydrogens is 567 g/mol. The molecule has 0 aliphatic carbocycles. The molecule has 9 heteroatoms. The van der Waals surface area contributed by atoms with Gasteiger partial charge >= 0.3 is 0 Å². The Kier molecular flexibility index (Phi) is 7.55. The maximum Gasteiger partial charge on any atom is 0.218 e. The molecule has 0 N–H and O–H groups in total. The number of methoxy groups -OCH3 is 1. The maximum absolute atomic E-state index is 13.5. The number of halogens is 1. The highest BCUT2D eigenvalue weighted by molar-refractivity contribution is 14.1. The van der Waals surface area contributed by atoms with Crippen LogP contribution in [-0.4, -0.2) is 50.7 Å². The average Bonchev–Trinajstić information content (AvgIpc) is 3.17. The van der Waals surface area contributed by atoms with Gasteiger partial charge in [0.15, 0.2) is 5.78 Å². The first-order valence-corrected chi connectivity index (χ1v) is 13.1. The highest BCUT2D eigenvalue weighted by Crippen LogP contribution is 2.28. The van der Waals surface area contributed by atoms with E-state index in [4.69, 9.17) is 9.84 Å². The number of aromatic nitrogens is 5. The van der Waals surface area contributed by atoms with E-state index >= 15 is 0 Å². The third-order valence-corrected chi connectivity index (χ3v) is 7.13. The number of carbonyl (C=O) groups excluding carboxylic acids is 1. The first-order valence-electron chi connectivity index (χ1n) is 12.0. The third-order valence-electron chi connectivity index (χ3n) is 6.49. The highest BCUT2D eigenvalue weighted by Gasteiger charge is 2.25. The number of carbonyl (C=O) groups is 1. The van der Waals surface area contributed by atoms with Gasteiger partial charge in [-0.15, -0.1) is 0 Å². The normalized spacial score (nSPS) is 15.9. The SMILES string of the molecule is COc1cc(N2CCCC(C(=O)Cn3nc(-c4ccc(I)cn4)cc3-c3ccccc3)CC2)ncn1. The smallest absolute Gasteiger partial charge is 0.218 e. The number of ketones is 1. The summed E-state index contributed by atoms with van der Waals surface area (Å²) in [4.78, 5) is 28.7. The van der Waals surface area contributed by atoms with E-state index in [-0.39, 0.29) is 18.2 Å². The summed E-state index contributed by atoms with van der Waals surface area (Å²) in [5.74, 6) is 1.57. The Morgan fingerprint density at radius 1 is 1.03 bits per heavy atom. The number of benzene rings is 1. The number of anilines is 1. The Bertz CT molecular complexity index is 1330. The molecule has 0 saturated carbocycles. The van der Waals surface area contributed by atoms with Crippen molar-refractivity contribution in [2.45, 2.75) is 25.8 Å². The quantitative estimate of drug-likeness (QED) is 0.282. The van der Waals surface area contributed by atoms with Crippen LogP contribution in [0.3, 0.4) is 0 Å². The number of pyridine rings is 1. The van der Waals surface area contributed by atoms with Gasteiger partial charge < -0.3 is 9.64 Å². The summed E-state index contributed by atoms with van der Waals surface area (Å²) in [7, 11) is 1.60. The largest absolute Gasteiger partial charge is 0.481 e. The van der Waals surface area contributed by atoms with Gasteiger partial charge in [0, 0.05) is 34.8 Å². The van der Waals surface area contributed by atoms with E-state index in [2.05, 4.69) is 42.4 Å². The number of Topliss-reactive ketones (excluding diaryl/α,β-unsaturated/α-hetero) is 1. The fraction of sp³-hybridized carbons (Fsp3) is 0.296. The molecule has 0 radical (unpaired) electrons. The lowest BCUT2D eigenvalue weighted by Crippen LogP contribution is -2.26. The lowest BCUT2D eigenvalue weighted by molar-refractivity contribution is -0.123. The molecule has 1 atom stereocenters. The van der Waals surface area contributed by atoms with Crippen LogP contribution in [-0.2, 0) is 11.3 Å². The van der Waals surface area contributed by atoms with Crippen molar-refractivity contribution in [1.82, 2.24) is 24.7 Å². The molecule has 4 aromatic rings. The lowest BCUT2D eigenvalue weighted by atomic mass is 9.95. The lowest BCUT2D eigenvalue weighted by Gasteiger charge is -2.21. The number of hydrogen-bond acceptors (Lipinski definition) is 7. The second-order valence-electron chi connectivity index (χ2n) is 8.80. The minimum absolute atomic E-state index is 0.0218. The predicted octanol–water partition coefficient (Wildman–Crippen LogP) is 4.89. The van der Waals surface area contributed by atoms with Gasteiger partial charge in [0.25, 0.3) is 0 Å². The van der Waals surface area contributed by atoms with Gasteiger partial charge in [0.1, 0.15) is 24.4 Å². The molecule has 0 bridgehead atoms. The van der Waals surface area contributed by atoms with Crippen LogP contribution in [0.5, 0.6) is 5.88 Å². The van der Waals surface area contributed by atoms with Crippen molar-refractivity contribution in [3.8, 4) is 28.5 Å². The first-order chi connectivity index (χ1) is 17.6. The van der Waals surface area contributed by atoms with Crippen LogP contribution in [0.15, 0.2) is 67.1 Å². The molecule has 36 heavy (non-hydrogen) atoms. The predicted molar refractivity (Wildman–Crippen MR) is 147 cm³/mol.